The monoisotopic (exact) mass is 328 g/mol. The number of benzene rings is 1. The van der Waals surface area contributed by atoms with Crippen molar-refractivity contribution >= 4 is 5.91 Å². The number of hydrogen-bond acceptors (Lipinski definition) is 2. The molecule has 1 aromatic carbocycles. The number of halogens is 1. The Balaban J connectivity index is 1.30. The molecule has 3 fully saturated rings. The largest absolute Gasteiger partial charge is 0.339 e. The number of carbonyl (C=O) groups is 1. The highest BCUT2D eigenvalue weighted by Crippen LogP contribution is 2.70. The zero-order chi connectivity index (χ0) is 16.5. The maximum absolute atomic E-state index is 14.6. The second-order valence-electron chi connectivity index (χ2n) is 8.28. The summed E-state index contributed by atoms with van der Waals surface area (Å²) in [5.74, 6) is 0.970. The van der Waals surface area contributed by atoms with Gasteiger partial charge >= 0.3 is 0 Å². The fourth-order valence-electron chi connectivity index (χ4n) is 5.52. The number of amides is 1. The predicted octanol–water partition coefficient (Wildman–Crippen LogP) is 2.61. The summed E-state index contributed by atoms with van der Waals surface area (Å²) in [6.45, 7) is 5.17. The summed E-state index contributed by atoms with van der Waals surface area (Å²) in [7, 11) is 0. The van der Waals surface area contributed by atoms with E-state index in [0.29, 0.717) is 11.8 Å². The molecular weight excluding hydrogens is 303 g/mol. The van der Waals surface area contributed by atoms with E-state index in [1.807, 2.05) is 4.90 Å². The second-order valence-corrected chi connectivity index (χ2v) is 8.28. The molecule has 3 nitrogen and oxygen atoms in total. The quantitative estimate of drug-likeness (QED) is 0.833. The first-order valence-corrected chi connectivity index (χ1v) is 9.36. The van der Waals surface area contributed by atoms with Crippen LogP contribution < -0.4 is 0 Å². The fourth-order valence-corrected chi connectivity index (χ4v) is 5.52. The highest BCUT2D eigenvalue weighted by atomic mass is 19.1. The number of piperidine rings is 1. The molecule has 4 heteroatoms. The van der Waals surface area contributed by atoms with E-state index in [1.165, 1.54) is 17.5 Å². The van der Waals surface area contributed by atoms with Crippen LogP contribution in [0.2, 0.25) is 0 Å². The van der Waals surface area contributed by atoms with Crippen LogP contribution in [0.25, 0.3) is 0 Å². The molecule has 1 saturated carbocycles. The van der Waals surface area contributed by atoms with E-state index < -0.39 is 6.17 Å². The predicted molar refractivity (Wildman–Crippen MR) is 90.6 cm³/mol. The molecule has 5 unspecified atom stereocenters. The van der Waals surface area contributed by atoms with Gasteiger partial charge in [0.25, 0.3) is 0 Å². The van der Waals surface area contributed by atoms with E-state index in [9.17, 15) is 9.18 Å². The maximum Gasteiger partial charge on any atom is 0.229 e. The van der Waals surface area contributed by atoms with Gasteiger partial charge in [0.05, 0.1) is 12.0 Å². The Kier molecular flexibility index (Phi) is 3.13. The highest BCUT2D eigenvalue weighted by molar-refractivity contribution is 5.89. The van der Waals surface area contributed by atoms with Gasteiger partial charge in [-0.1, -0.05) is 24.3 Å². The number of likely N-dealkylation sites (tertiary alicyclic amines) is 2. The third-order valence-electron chi connectivity index (χ3n) is 7.15. The number of fused-ring (bicyclic) bond motifs is 3. The van der Waals surface area contributed by atoms with E-state index in [0.717, 1.165) is 32.5 Å². The number of rotatable bonds is 2. The van der Waals surface area contributed by atoms with Crippen LogP contribution in [0.3, 0.4) is 0 Å². The average molecular weight is 328 g/mol. The molecule has 5 atom stereocenters. The molecule has 1 aromatic rings. The Hall–Kier alpha value is -1.42. The van der Waals surface area contributed by atoms with Gasteiger partial charge in [0, 0.05) is 18.5 Å². The summed E-state index contributed by atoms with van der Waals surface area (Å²) in [5.41, 5.74) is 2.46. The Morgan fingerprint density at radius 1 is 1.25 bits per heavy atom. The zero-order valence-corrected chi connectivity index (χ0v) is 14.2. The molecule has 24 heavy (non-hydrogen) atoms. The van der Waals surface area contributed by atoms with E-state index >= 15 is 0 Å². The second kappa shape index (κ2) is 5.04. The van der Waals surface area contributed by atoms with Crippen LogP contribution >= 0.6 is 0 Å². The van der Waals surface area contributed by atoms with Crippen LogP contribution in [0.15, 0.2) is 24.3 Å². The lowest BCUT2D eigenvalue weighted by molar-refractivity contribution is -0.141. The van der Waals surface area contributed by atoms with Gasteiger partial charge in [0.15, 0.2) is 0 Å². The Morgan fingerprint density at radius 2 is 2.04 bits per heavy atom. The topological polar surface area (TPSA) is 23.6 Å². The fraction of sp³-hybridized carbons (Fsp3) is 0.650. The van der Waals surface area contributed by atoms with Crippen molar-refractivity contribution in [2.45, 2.75) is 44.3 Å². The SMILES string of the molecule is CC1(C(=O)N2CCC(N3CCC3)C(F)C2)C2Cc3ccccc3C21. The molecular formula is C20H25FN2O. The minimum atomic E-state index is -0.891. The lowest BCUT2D eigenvalue weighted by Crippen LogP contribution is -2.58. The van der Waals surface area contributed by atoms with Crippen molar-refractivity contribution < 1.29 is 9.18 Å². The van der Waals surface area contributed by atoms with Crippen LogP contribution in [-0.4, -0.2) is 54.1 Å². The number of carbonyl (C=O) groups excluding carboxylic acids is 1. The molecule has 0 spiro atoms. The molecule has 2 saturated heterocycles. The third-order valence-corrected chi connectivity index (χ3v) is 7.15. The van der Waals surface area contributed by atoms with Gasteiger partial charge in [0.2, 0.25) is 5.91 Å². The van der Waals surface area contributed by atoms with Crippen LogP contribution in [0.5, 0.6) is 0 Å². The van der Waals surface area contributed by atoms with Crippen LogP contribution in [0.1, 0.15) is 36.8 Å². The summed E-state index contributed by atoms with van der Waals surface area (Å²) >= 11 is 0. The minimum absolute atomic E-state index is 0.0371. The molecule has 0 aromatic heterocycles. The first-order chi connectivity index (χ1) is 11.6. The van der Waals surface area contributed by atoms with Gasteiger partial charge in [-0.25, -0.2) is 4.39 Å². The van der Waals surface area contributed by atoms with Crippen molar-refractivity contribution in [2.75, 3.05) is 26.2 Å². The molecule has 5 rings (SSSR count). The Morgan fingerprint density at radius 3 is 2.75 bits per heavy atom. The first kappa shape index (κ1) is 14.9. The maximum atomic E-state index is 14.6. The molecule has 0 N–H and O–H groups in total. The van der Waals surface area contributed by atoms with Crippen molar-refractivity contribution in [3.05, 3.63) is 35.4 Å². The number of hydrogen-bond donors (Lipinski definition) is 0. The van der Waals surface area contributed by atoms with Gasteiger partial charge < -0.3 is 4.90 Å². The van der Waals surface area contributed by atoms with Crippen molar-refractivity contribution in [1.82, 2.24) is 9.80 Å². The van der Waals surface area contributed by atoms with Crippen molar-refractivity contribution in [1.29, 1.82) is 0 Å². The van der Waals surface area contributed by atoms with Crippen LogP contribution in [0, 0.1) is 11.3 Å². The van der Waals surface area contributed by atoms with E-state index in [2.05, 4.69) is 36.1 Å². The summed E-state index contributed by atoms with van der Waals surface area (Å²) in [4.78, 5) is 17.2. The van der Waals surface area contributed by atoms with E-state index in [4.69, 9.17) is 0 Å². The molecule has 2 aliphatic heterocycles. The van der Waals surface area contributed by atoms with Gasteiger partial charge in [-0.2, -0.15) is 0 Å². The van der Waals surface area contributed by atoms with E-state index in [1.54, 1.807) is 0 Å². The smallest absolute Gasteiger partial charge is 0.229 e. The van der Waals surface area contributed by atoms with Crippen molar-refractivity contribution in [2.24, 2.45) is 11.3 Å². The lowest BCUT2D eigenvalue weighted by atomic mass is 9.90. The highest BCUT2D eigenvalue weighted by Gasteiger charge is 2.70. The third kappa shape index (κ3) is 1.89. The van der Waals surface area contributed by atoms with E-state index in [-0.39, 0.29) is 23.9 Å². The molecule has 1 amide bonds. The summed E-state index contributed by atoms with van der Waals surface area (Å²) in [6.07, 6.45) is 2.09. The molecule has 0 radical (unpaired) electrons. The lowest BCUT2D eigenvalue weighted by Gasteiger charge is -2.45. The first-order valence-electron chi connectivity index (χ1n) is 9.36. The van der Waals surface area contributed by atoms with Gasteiger partial charge in [-0.3, -0.25) is 9.69 Å². The standard InChI is InChI=1S/C20H25FN2O/c1-20(15-11-13-5-2-3-6-14(13)18(15)20)19(24)23-10-7-17(16(21)12-23)22-8-4-9-22/h2-3,5-6,15-18H,4,7-12H2,1H3. The van der Waals surface area contributed by atoms with Crippen LogP contribution in [0.4, 0.5) is 4.39 Å². The van der Waals surface area contributed by atoms with Crippen molar-refractivity contribution in [3.8, 4) is 0 Å². The van der Waals surface area contributed by atoms with Gasteiger partial charge in [-0.05, 0) is 56.3 Å². The molecule has 128 valence electrons. The molecule has 0 bridgehead atoms. The van der Waals surface area contributed by atoms with Gasteiger partial charge in [0.1, 0.15) is 6.17 Å². The molecule has 2 aliphatic carbocycles. The summed E-state index contributed by atoms with van der Waals surface area (Å²) < 4.78 is 14.6. The molecule has 4 aliphatic rings. The minimum Gasteiger partial charge on any atom is -0.339 e. The zero-order valence-electron chi connectivity index (χ0n) is 14.2. The Bertz CT molecular complexity index is 688. The number of alkyl halides is 1. The Labute approximate surface area is 142 Å². The van der Waals surface area contributed by atoms with Gasteiger partial charge in [-0.15, -0.1) is 0 Å². The normalized spacial score (nSPS) is 40.7. The number of nitrogens with zero attached hydrogens (tertiary/aromatic N) is 2. The summed E-state index contributed by atoms with van der Waals surface area (Å²) in [5, 5.41) is 0. The van der Waals surface area contributed by atoms with Crippen LogP contribution in [-0.2, 0) is 11.2 Å². The average Bonchev–Trinajstić information content (AvgIpc) is 2.94. The van der Waals surface area contributed by atoms with Crippen molar-refractivity contribution in [3.63, 3.8) is 0 Å². The molecule has 2 heterocycles. The summed E-state index contributed by atoms with van der Waals surface area (Å²) in [6, 6.07) is 8.54.